The van der Waals surface area contributed by atoms with Crippen molar-refractivity contribution < 1.29 is 28.6 Å². The van der Waals surface area contributed by atoms with E-state index in [0.717, 1.165) is 83.5 Å². The lowest BCUT2D eigenvalue weighted by atomic mass is 10.1. The molecule has 0 heterocycles. The van der Waals surface area contributed by atoms with Crippen LogP contribution in [0.4, 0.5) is 0 Å². The topological polar surface area (TPSA) is 78.9 Å². The number of carbonyl (C=O) groups is 3. The van der Waals surface area contributed by atoms with Gasteiger partial charge >= 0.3 is 17.9 Å². The maximum atomic E-state index is 12.8. The van der Waals surface area contributed by atoms with Crippen LogP contribution in [0.3, 0.4) is 0 Å². The normalized spacial score (nSPS) is 12.5. The molecule has 0 aliphatic rings. The molecule has 0 aromatic rings. The first-order valence-electron chi connectivity index (χ1n) is 28.8. The third kappa shape index (κ3) is 53.9. The summed E-state index contributed by atoms with van der Waals surface area (Å²) in [5.41, 5.74) is 0. The summed E-state index contributed by atoms with van der Waals surface area (Å²) in [4.78, 5) is 38.1. The van der Waals surface area contributed by atoms with E-state index in [-0.39, 0.29) is 31.1 Å². The molecule has 1 atom stereocenters. The van der Waals surface area contributed by atoms with Crippen LogP contribution in [0.25, 0.3) is 0 Å². The zero-order chi connectivity index (χ0) is 48.6. The molecule has 0 fully saturated rings. The number of allylic oxidation sites excluding steroid dienone is 10. The molecule has 6 nitrogen and oxygen atoms in total. The second-order valence-corrected chi connectivity index (χ2v) is 19.3. The zero-order valence-electron chi connectivity index (χ0n) is 44.4. The van der Waals surface area contributed by atoms with Crippen LogP contribution >= 0.6 is 0 Å². The van der Waals surface area contributed by atoms with Gasteiger partial charge in [-0.05, 0) is 96.3 Å². The lowest BCUT2D eigenvalue weighted by Crippen LogP contribution is -2.30. The minimum atomic E-state index is -0.787. The Balaban J connectivity index is 4.37. The van der Waals surface area contributed by atoms with E-state index in [9.17, 15) is 14.4 Å². The van der Waals surface area contributed by atoms with Crippen LogP contribution in [0, 0.1) is 0 Å². The van der Waals surface area contributed by atoms with Gasteiger partial charge in [0.25, 0.3) is 0 Å². The molecule has 0 aromatic carbocycles. The fourth-order valence-electron chi connectivity index (χ4n) is 8.13. The van der Waals surface area contributed by atoms with Gasteiger partial charge in [0.15, 0.2) is 6.10 Å². The summed E-state index contributed by atoms with van der Waals surface area (Å²) in [6, 6.07) is 0. The summed E-state index contributed by atoms with van der Waals surface area (Å²) < 4.78 is 16.8. The molecule has 0 amide bonds. The van der Waals surface area contributed by atoms with Gasteiger partial charge in [-0.25, -0.2) is 0 Å². The summed E-state index contributed by atoms with van der Waals surface area (Å²) in [6.07, 6.45) is 69.2. The molecule has 0 saturated carbocycles. The van der Waals surface area contributed by atoms with E-state index in [1.165, 1.54) is 167 Å². The molecule has 6 heteroatoms. The summed E-state index contributed by atoms with van der Waals surface area (Å²) in [6.45, 7) is 6.58. The first-order valence-corrected chi connectivity index (χ1v) is 28.8. The van der Waals surface area contributed by atoms with Crippen LogP contribution in [0.1, 0.15) is 290 Å². The number of carbonyl (C=O) groups excluding carboxylic acids is 3. The lowest BCUT2D eigenvalue weighted by molar-refractivity contribution is -0.167. The first-order chi connectivity index (χ1) is 33.0. The Hall–Kier alpha value is -2.89. The molecule has 0 radical (unpaired) electrons. The predicted molar refractivity (Wildman–Crippen MR) is 288 cm³/mol. The van der Waals surface area contributed by atoms with Crippen LogP contribution in [-0.2, 0) is 28.6 Å². The second kappa shape index (κ2) is 55.7. The number of rotatable bonds is 52. The van der Waals surface area contributed by atoms with Crippen molar-refractivity contribution in [2.24, 2.45) is 0 Å². The highest BCUT2D eigenvalue weighted by Crippen LogP contribution is 2.15. The molecule has 0 rings (SSSR count). The molecule has 0 N–H and O–H groups in total. The standard InChI is InChI=1S/C61H108O6/c1-4-7-10-13-16-19-22-25-27-29-31-33-34-36-39-42-45-48-51-54-60(63)66-57-58(56-65-59(62)53-50-47-44-41-38-24-21-18-15-12-9-6-3)67-61(64)55-52-49-46-43-40-37-35-32-30-28-26-23-20-17-14-11-8-5-2/h16,18-19,21-22,25,28,30,32,35,58H,4-15,17,20,23-24,26-27,29,31,33-34,36-57H2,1-3H3/b19-16-,21-18-,25-22-,30-28-,35-32-. The molecule has 1 unspecified atom stereocenters. The van der Waals surface area contributed by atoms with E-state index >= 15 is 0 Å². The highest BCUT2D eigenvalue weighted by atomic mass is 16.6. The van der Waals surface area contributed by atoms with E-state index < -0.39 is 6.10 Å². The van der Waals surface area contributed by atoms with Crippen LogP contribution < -0.4 is 0 Å². The van der Waals surface area contributed by atoms with Crippen molar-refractivity contribution in [3.63, 3.8) is 0 Å². The number of hydrogen-bond donors (Lipinski definition) is 0. The van der Waals surface area contributed by atoms with Crippen molar-refractivity contribution in [1.29, 1.82) is 0 Å². The van der Waals surface area contributed by atoms with Crippen molar-refractivity contribution in [2.45, 2.75) is 297 Å². The predicted octanol–water partition coefficient (Wildman–Crippen LogP) is 19.2. The van der Waals surface area contributed by atoms with Crippen molar-refractivity contribution in [2.75, 3.05) is 13.2 Å². The van der Waals surface area contributed by atoms with E-state index in [2.05, 4.69) is 81.5 Å². The lowest BCUT2D eigenvalue weighted by Gasteiger charge is -2.18. The Kier molecular flexibility index (Phi) is 53.3. The van der Waals surface area contributed by atoms with Crippen LogP contribution in [0.5, 0.6) is 0 Å². The van der Waals surface area contributed by atoms with Gasteiger partial charge < -0.3 is 14.2 Å². The molecule has 67 heavy (non-hydrogen) atoms. The van der Waals surface area contributed by atoms with Crippen molar-refractivity contribution in [1.82, 2.24) is 0 Å². The first kappa shape index (κ1) is 64.1. The third-order valence-corrected chi connectivity index (χ3v) is 12.5. The largest absolute Gasteiger partial charge is 0.462 e. The monoisotopic (exact) mass is 937 g/mol. The molecule has 0 bridgehead atoms. The maximum absolute atomic E-state index is 12.8. The Bertz CT molecular complexity index is 1210. The van der Waals surface area contributed by atoms with E-state index in [1.807, 2.05) is 0 Å². The van der Waals surface area contributed by atoms with Gasteiger partial charge in [-0.1, -0.05) is 236 Å². The fraction of sp³-hybridized carbons (Fsp3) is 0.787. The van der Waals surface area contributed by atoms with Gasteiger partial charge in [-0.2, -0.15) is 0 Å². The molecule has 0 saturated heterocycles. The minimum Gasteiger partial charge on any atom is -0.462 e. The van der Waals surface area contributed by atoms with Gasteiger partial charge in [-0.15, -0.1) is 0 Å². The molecule has 0 aromatic heterocycles. The van der Waals surface area contributed by atoms with E-state index in [0.29, 0.717) is 19.3 Å². The van der Waals surface area contributed by atoms with Crippen LogP contribution in [0.15, 0.2) is 60.8 Å². The highest BCUT2D eigenvalue weighted by Gasteiger charge is 2.19. The number of unbranched alkanes of at least 4 members (excludes halogenated alkanes) is 33. The Morgan fingerprint density at radius 3 is 0.866 bits per heavy atom. The zero-order valence-corrected chi connectivity index (χ0v) is 44.4. The van der Waals surface area contributed by atoms with Gasteiger partial charge in [0, 0.05) is 19.3 Å². The van der Waals surface area contributed by atoms with Gasteiger partial charge in [0.05, 0.1) is 0 Å². The van der Waals surface area contributed by atoms with E-state index in [4.69, 9.17) is 14.2 Å². The fourth-order valence-corrected chi connectivity index (χ4v) is 8.13. The number of ether oxygens (including phenoxy) is 3. The van der Waals surface area contributed by atoms with Crippen LogP contribution in [-0.4, -0.2) is 37.2 Å². The minimum absolute atomic E-state index is 0.0841. The van der Waals surface area contributed by atoms with Gasteiger partial charge in [0.1, 0.15) is 13.2 Å². The summed E-state index contributed by atoms with van der Waals surface area (Å²) in [7, 11) is 0. The van der Waals surface area contributed by atoms with Crippen LogP contribution in [0.2, 0.25) is 0 Å². The molecular weight excluding hydrogens is 829 g/mol. The second-order valence-electron chi connectivity index (χ2n) is 19.3. The highest BCUT2D eigenvalue weighted by molar-refractivity contribution is 5.71. The molecular formula is C61H108O6. The molecule has 0 aliphatic carbocycles. The summed E-state index contributed by atoms with van der Waals surface area (Å²) in [5.74, 6) is -0.902. The van der Waals surface area contributed by atoms with Gasteiger partial charge in [0.2, 0.25) is 0 Å². The average Bonchev–Trinajstić information content (AvgIpc) is 3.33. The van der Waals surface area contributed by atoms with Crippen molar-refractivity contribution in [3.8, 4) is 0 Å². The molecule has 0 aliphatic heterocycles. The summed E-state index contributed by atoms with van der Waals surface area (Å²) >= 11 is 0. The number of esters is 3. The SMILES string of the molecule is CCCCC/C=C\C=C/CCCCCCCCCCCCC(=O)OCC(COC(=O)CCCCCCC/C=C\CCCCC)OC(=O)CCCCCCC/C=C\C=C/CCCCCCCCC. The maximum Gasteiger partial charge on any atom is 0.306 e. The quantitative estimate of drug-likeness (QED) is 0.0199. The Labute approximate surface area is 415 Å². The van der Waals surface area contributed by atoms with Crippen molar-refractivity contribution >= 4 is 17.9 Å². The average molecular weight is 938 g/mol. The van der Waals surface area contributed by atoms with Gasteiger partial charge in [-0.3, -0.25) is 14.4 Å². The smallest absolute Gasteiger partial charge is 0.306 e. The third-order valence-electron chi connectivity index (χ3n) is 12.5. The van der Waals surface area contributed by atoms with Crippen molar-refractivity contribution in [3.05, 3.63) is 60.8 Å². The summed E-state index contributed by atoms with van der Waals surface area (Å²) in [5, 5.41) is 0. The Morgan fingerprint density at radius 2 is 0.537 bits per heavy atom. The number of hydrogen-bond acceptors (Lipinski definition) is 6. The molecule has 388 valence electrons. The molecule has 0 spiro atoms. The van der Waals surface area contributed by atoms with E-state index in [1.54, 1.807) is 0 Å². The Morgan fingerprint density at radius 1 is 0.299 bits per heavy atom.